The zero-order valence-electron chi connectivity index (χ0n) is 20.3. The highest BCUT2D eigenvalue weighted by molar-refractivity contribution is 7.13. The summed E-state index contributed by atoms with van der Waals surface area (Å²) in [4.78, 5) is 28.1. The van der Waals surface area contributed by atoms with Crippen LogP contribution < -0.4 is 4.90 Å². The molecule has 0 aliphatic carbocycles. The van der Waals surface area contributed by atoms with E-state index in [0.29, 0.717) is 31.1 Å². The van der Waals surface area contributed by atoms with Crippen molar-refractivity contribution in [1.29, 1.82) is 0 Å². The molecule has 6 nitrogen and oxygen atoms in total. The van der Waals surface area contributed by atoms with Crippen LogP contribution in [0.25, 0.3) is 0 Å². The fourth-order valence-corrected chi connectivity index (χ4v) is 5.03. The number of aliphatic hydroxyl groups excluding tert-OH is 1. The maximum Gasteiger partial charge on any atom is 0.348 e. The molecule has 1 aliphatic rings. The highest BCUT2D eigenvalue weighted by Crippen LogP contribution is 2.29. The molecule has 186 valence electrons. The number of amides is 1. The van der Waals surface area contributed by atoms with Gasteiger partial charge in [-0.25, -0.2) is 4.79 Å². The second-order valence-corrected chi connectivity index (χ2v) is 10.00. The van der Waals surface area contributed by atoms with Crippen LogP contribution in [0, 0.1) is 0 Å². The van der Waals surface area contributed by atoms with E-state index in [1.54, 1.807) is 6.07 Å². The molecule has 3 rings (SSSR count). The lowest BCUT2D eigenvalue weighted by molar-refractivity contribution is -0.120. The highest BCUT2D eigenvalue weighted by atomic mass is 32.1. The first kappa shape index (κ1) is 26.4. The number of piperidine rings is 1. The topological polar surface area (TPSA) is 76.1 Å². The molecular formula is C27H37NO5S. The fraction of sp³-hybridized carbons (Fsp3) is 0.556. The van der Waals surface area contributed by atoms with Crippen molar-refractivity contribution in [3.8, 4) is 0 Å². The lowest BCUT2D eigenvalue weighted by Crippen LogP contribution is -2.46. The predicted molar refractivity (Wildman–Crippen MR) is 135 cm³/mol. The SMILES string of the molecule is CCCCCC(O)c1ccc(N2C(=O)CCC[C@@H]2COCc2ccc(C(=O)OCCC)s2)cc1. The van der Waals surface area contributed by atoms with Crippen LogP contribution in [0.1, 0.15) is 91.4 Å². The molecule has 1 aromatic heterocycles. The molecule has 0 bridgehead atoms. The number of esters is 1. The number of nitrogens with zero attached hydrogens (tertiary/aromatic N) is 1. The number of unbranched alkanes of at least 4 members (excludes halogenated alkanes) is 2. The fourth-order valence-electron chi connectivity index (χ4n) is 4.19. The van der Waals surface area contributed by atoms with E-state index in [-0.39, 0.29) is 17.9 Å². The van der Waals surface area contributed by atoms with Crippen LogP contribution in [0.5, 0.6) is 0 Å². The van der Waals surface area contributed by atoms with Gasteiger partial charge in [-0.1, -0.05) is 45.2 Å². The molecule has 1 saturated heterocycles. The first-order valence-corrected chi connectivity index (χ1v) is 13.3. The third kappa shape index (κ3) is 7.39. The van der Waals surface area contributed by atoms with Crippen molar-refractivity contribution in [2.75, 3.05) is 18.1 Å². The van der Waals surface area contributed by atoms with Gasteiger partial charge in [0, 0.05) is 17.0 Å². The van der Waals surface area contributed by atoms with Gasteiger partial charge >= 0.3 is 5.97 Å². The van der Waals surface area contributed by atoms with E-state index in [1.807, 2.05) is 42.2 Å². The Labute approximate surface area is 206 Å². The van der Waals surface area contributed by atoms with Crippen LogP contribution in [0.4, 0.5) is 5.69 Å². The summed E-state index contributed by atoms with van der Waals surface area (Å²) in [6.45, 7) is 5.37. The quantitative estimate of drug-likeness (QED) is 0.276. The molecule has 1 unspecified atom stereocenters. The van der Waals surface area contributed by atoms with Crippen molar-refractivity contribution in [3.05, 3.63) is 51.7 Å². The third-order valence-electron chi connectivity index (χ3n) is 6.05. The molecule has 34 heavy (non-hydrogen) atoms. The number of benzene rings is 1. The lowest BCUT2D eigenvalue weighted by Gasteiger charge is -2.35. The molecule has 2 atom stereocenters. The Bertz CT molecular complexity index is 910. The summed E-state index contributed by atoms with van der Waals surface area (Å²) < 4.78 is 11.2. The van der Waals surface area contributed by atoms with Gasteiger partial charge in [-0.15, -0.1) is 11.3 Å². The highest BCUT2D eigenvalue weighted by Gasteiger charge is 2.29. The Kier molecular flexibility index (Phi) is 10.6. The van der Waals surface area contributed by atoms with Crippen LogP contribution in [-0.4, -0.2) is 36.2 Å². The van der Waals surface area contributed by atoms with Crippen LogP contribution in [0.3, 0.4) is 0 Å². The van der Waals surface area contributed by atoms with Gasteiger partial charge in [-0.2, -0.15) is 0 Å². The largest absolute Gasteiger partial charge is 0.462 e. The zero-order valence-corrected chi connectivity index (χ0v) is 21.1. The van der Waals surface area contributed by atoms with Gasteiger partial charge in [-0.05, 0) is 55.5 Å². The summed E-state index contributed by atoms with van der Waals surface area (Å²) in [5, 5.41) is 10.4. The van der Waals surface area contributed by atoms with Crippen molar-refractivity contribution < 1.29 is 24.2 Å². The van der Waals surface area contributed by atoms with Crippen molar-refractivity contribution in [2.24, 2.45) is 0 Å². The normalized spacial score (nSPS) is 17.1. The second-order valence-electron chi connectivity index (χ2n) is 8.83. The van der Waals surface area contributed by atoms with Crippen molar-refractivity contribution in [3.63, 3.8) is 0 Å². The number of hydrogen-bond acceptors (Lipinski definition) is 6. The van der Waals surface area contributed by atoms with E-state index < -0.39 is 6.10 Å². The number of carbonyl (C=O) groups excluding carboxylic acids is 2. The number of rotatable bonds is 13. The third-order valence-corrected chi connectivity index (χ3v) is 7.09. The van der Waals surface area contributed by atoms with Crippen LogP contribution in [0.2, 0.25) is 0 Å². The van der Waals surface area contributed by atoms with Crippen molar-refractivity contribution in [1.82, 2.24) is 0 Å². The summed E-state index contributed by atoms with van der Waals surface area (Å²) in [7, 11) is 0. The van der Waals surface area contributed by atoms with Gasteiger partial charge in [0.2, 0.25) is 5.91 Å². The Balaban J connectivity index is 1.56. The van der Waals surface area contributed by atoms with E-state index in [0.717, 1.165) is 61.1 Å². The first-order valence-electron chi connectivity index (χ1n) is 12.5. The molecule has 0 radical (unpaired) electrons. The minimum absolute atomic E-state index is 0.0319. The molecule has 7 heteroatoms. The molecule has 1 fully saturated rings. The standard InChI is InChI=1S/C27H37NO5S/c1-3-5-6-9-24(29)20-11-13-21(14-12-20)28-22(8-7-10-26(28)30)18-32-19-23-15-16-25(34-23)27(31)33-17-4-2/h11-16,22,24,29H,3-10,17-19H2,1-2H3/t22-,24?/m1/s1. The zero-order chi connectivity index (χ0) is 24.3. The molecule has 1 aromatic carbocycles. The number of ether oxygens (including phenoxy) is 2. The van der Waals surface area contributed by atoms with E-state index in [4.69, 9.17) is 9.47 Å². The van der Waals surface area contributed by atoms with Gasteiger partial charge in [0.1, 0.15) is 4.88 Å². The Morgan fingerprint density at radius 3 is 2.68 bits per heavy atom. The number of carbonyl (C=O) groups is 2. The maximum atomic E-state index is 12.8. The Hall–Kier alpha value is -2.22. The first-order chi connectivity index (χ1) is 16.5. The van der Waals surface area contributed by atoms with Crippen LogP contribution >= 0.6 is 11.3 Å². The molecule has 1 N–H and O–H groups in total. The summed E-state index contributed by atoms with van der Waals surface area (Å²) in [6, 6.07) is 11.4. The Morgan fingerprint density at radius 1 is 1.15 bits per heavy atom. The molecule has 1 amide bonds. The molecule has 2 heterocycles. The molecule has 0 saturated carbocycles. The maximum absolute atomic E-state index is 12.8. The number of thiophene rings is 1. The van der Waals surface area contributed by atoms with Gasteiger partial charge < -0.3 is 19.5 Å². The smallest absolute Gasteiger partial charge is 0.348 e. The number of aliphatic hydroxyl groups is 1. The summed E-state index contributed by atoms with van der Waals surface area (Å²) in [5.74, 6) is -0.186. The minimum Gasteiger partial charge on any atom is -0.462 e. The van der Waals surface area contributed by atoms with Gasteiger partial charge in [0.15, 0.2) is 0 Å². The van der Waals surface area contributed by atoms with Crippen LogP contribution in [-0.2, 0) is 20.9 Å². The minimum atomic E-state index is -0.466. The molecular weight excluding hydrogens is 450 g/mol. The van der Waals surface area contributed by atoms with Crippen LogP contribution in [0.15, 0.2) is 36.4 Å². The van der Waals surface area contributed by atoms with E-state index in [2.05, 4.69) is 6.92 Å². The lowest BCUT2D eigenvalue weighted by atomic mass is 9.99. The predicted octanol–water partition coefficient (Wildman–Crippen LogP) is 6.03. The van der Waals surface area contributed by atoms with Crippen molar-refractivity contribution in [2.45, 2.75) is 84.0 Å². The summed E-state index contributed by atoms with van der Waals surface area (Å²) in [6.07, 6.45) is 6.61. The molecule has 0 spiro atoms. The average Bonchev–Trinajstić information content (AvgIpc) is 3.32. The summed E-state index contributed by atoms with van der Waals surface area (Å²) in [5.41, 5.74) is 1.74. The van der Waals surface area contributed by atoms with E-state index in [9.17, 15) is 14.7 Å². The number of anilines is 1. The molecule has 2 aromatic rings. The van der Waals surface area contributed by atoms with Gasteiger partial charge in [-0.3, -0.25) is 4.79 Å². The second kappa shape index (κ2) is 13.6. The Morgan fingerprint density at radius 2 is 1.94 bits per heavy atom. The van der Waals surface area contributed by atoms with E-state index in [1.165, 1.54) is 11.3 Å². The number of hydrogen-bond donors (Lipinski definition) is 1. The summed E-state index contributed by atoms with van der Waals surface area (Å²) >= 11 is 1.38. The van der Waals surface area contributed by atoms with Gasteiger partial charge in [0.05, 0.1) is 32.0 Å². The van der Waals surface area contributed by atoms with E-state index >= 15 is 0 Å². The van der Waals surface area contributed by atoms with Gasteiger partial charge in [0.25, 0.3) is 0 Å². The monoisotopic (exact) mass is 487 g/mol. The molecule has 1 aliphatic heterocycles. The van der Waals surface area contributed by atoms with Crippen molar-refractivity contribution >= 4 is 28.9 Å². The average molecular weight is 488 g/mol.